The zero-order chi connectivity index (χ0) is 14.2. The summed E-state index contributed by atoms with van der Waals surface area (Å²) in [5.74, 6) is 1.26. The van der Waals surface area contributed by atoms with Crippen molar-refractivity contribution < 1.29 is 9.59 Å². The summed E-state index contributed by atoms with van der Waals surface area (Å²) in [4.78, 5) is 23.2. The largest absolute Gasteiger partial charge is 0.356 e. The molecule has 0 bridgehead atoms. The van der Waals surface area contributed by atoms with Gasteiger partial charge in [0.1, 0.15) is 0 Å². The van der Waals surface area contributed by atoms with E-state index in [9.17, 15) is 9.59 Å². The monoisotopic (exact) mass is 317 g/mol. The van der Waals surface area contributed by atoms with Crippen LogP contribution >= 0.6 is 12.4 Å². The van der Waals surface area contributed by atoms with Crippen molar-refractivity contribution in [3.05, 3.63) is 0 Å². The summed E-state index contributed by atoms with van der Waals surface area (Å²) >= 11 is 0. The zero-order valence-electron chi connectivity index (χ0n) is 12.7. The van der Waals surface area contributed by atoms with Crippen molar-refractivity contribution in [3.63, 3.8) is 0 Å². The molecule has 1 unspecified atom stereocenters. The van der Waals surface area contributed by atoms with Crippen LogP contribution in [0.1, 0.15) is 44.9 Å². The van der Waals surface area contributed by atoms with Gasteiger partial charge in [0.25, 0.3) is 0 Å². The molecule has 2 aliphatic rings. The molecule has 1 saturated carbocycles. The van der Waals surface area contributed by atoms with Gasteiger partial charge in [0.15, 0.2) is 0 Å². The van der Waals surface area contributed by atoms with Gasteiger partial charge in [-0.15, -0.1) is 12.4 Å². The first-order chi connectivity index (χ1) is 9.75. The summed E-state index contributed by atoms with van der Waals surface area (Å²) in [7, 11) is 0. The third kappa shape index (κ3) is 6.66. The number of nitrogens with one attached hydrogen (secondary N) is 3. The van der Waals surface area contributed by atoms with Gasteiger partial charge >= 0.3 is 0 Å². The van der Waals surface area contributed by atoms with Gasteiger partial charge in [-0.25, -0.2) is 0 Å². The minimum atomic E-state index is 0. The van der Waals surface area contributed by atoms with Gasteiger partial charge in [0.2, 0.25) is 11.8 Å². The van der Waals surface area contributed by atoms with Crippen molar-refractivity contribution in [2.45, 2.75) is 44.9 Å². The highest BCUT2D eigenvalue weighted by molar-refractivity contribution is 5.85. The van der Waals surface area contributed by atoms with E-state index >= 15 is 0 Å². The molecule has 1 aliphatic carbocycles. The molecule has 3 N–H and O–H groups in total. The number of hydrogen-bond donors (Lipinski definition) is 3. The first-order valence-corrected chi connectivity index (χ1v) is 8.01. The van der Waals surface area contributed by atoms with E-state index in [4.69, 9.17) is 0 Å². The number of hydrogen-bond acceptors (Lipinski definition) is 3. The molecule has 2 amide bonds. The van der Waals surface area contributed by atoms with Crippen LogP contribution in [-0.4, -0.2) is 38.0 Å². The summed E-state index contributed by atoms with van der Waals surface area (Å²) in [5.41, 5.74) is 0. The zero-order valence-corrected chi connectivity index (χ0v) is 13.5. The Morgan fingerprint density at radius 1 is 1.10 bits per heavy atom. The molecule has 0 spiro atoms. The van der Waals surface area contributed by atoms with Crippen molar-refractivity contribution in [1.82, 2.24) is 16.0 Å². The Morgan fingerprint density at radius 2 is 1.86 bits per heavy atom. The van der Waals surface area contributed by atoms with Crippen LogP contribution in [0, 0.1) is 11.8 Å². The lowest BCUT2D eigenvalue weighted by Gasteiger charge is -2.24. The van der Waals surface area contributed by atoms with Crippen molar-refractivity contribution in [2.24, 2.45) is 11.8 Å². The molecule has 1 heterocycles. The molecular formula is C15H28ClN3O2. The molecule has 5 nitrogen and oxygen atoms in total. The highest BCUT2D eigenvalue weighted by Crippen LogP contribution is 2.25. The number of amides is 2. The van der Waals surface area contributed by atoms with Gasteiger partial charge in [-0.05, 0) is 51.1 Å². The van der Waals surface area contributed by atoms with E-state index in [-0.39, 0.29) is 30.1 Å². The highest BCUT2D eigenvalue weighted by Gasteiger charge is 2.24. The van der Waals surface area contributed by atoms with Gasteiger partial charge in [0, 0.05) is 25.4 Å². The maximum atomic E-state index is 11.6. The molecule has 2 fully saturated rings. The second-order valence-corrected chi connectivity index (χ2v) is 6.02. The molecular weight excluding hydrogens is 290 g/mol. The molecule has 0 aromatic rings. The summed E-state index contributed by atoms with van der Waals surface area (Å²) < 4.78 is 0. The van der Waals surface area contributed by atoms with Crippen molar-refractivity contribution in [3.8, 4) is 0 Å². The lowest BCUT2D eigenvalue weighted by molar-refractivity contribution is -0.127. The standard InChI is InChI=1S/C15H27N3O2.ClH/c19-14(6-5-12-7-10-16-11-12)17-8-2-9-18-15(20)13-3-1-4-13;/h12-13,16H,1-11H2,(H,17,19)(H,18,20);1H. The molecule has 2 rings (SSSR count). The fraction of sp³-hybridized carbons (Fsp3) is 0.867. The smallest absolute Gasteiger partial charge is 0.223 e. The number of carbonyl (C=O) groups is 2. The van der Waals surface area contributed by atoms with Crippen LogP contribution in [0.3, 0.4) is 0 Å². The maximum absolute atomic E-state index is 11.6. The second-order valence-electron chi connectivity index (χ2n) is 6.02. The van der Waals surface area contributed by atoms with E-state index in [0.717, 1.165) is 38.8 Å². The Bertz CT molecular complexity index is 329. The SMILES string of the molecule is Cl.O=C(CCC1CCNC1)NCCCNC(=O)C1CCC1. The van der Waals surface area contributed by atoms with Crippen molar-refractivity contribution >= 4 is 24.2 Å². The fourth-order valence-corrected chi connectivity index (χ4v) is 2.73. The molecule has 0 aromatic carbocycles. The van der Waals surface area contributed by atoms with E-state index in [1.54, 1.807) is 0 Å². The normalized spacial score (nSPS) is 21.2. The van der Waals surface area contributed by atoms with E-state index in [1.807, 2.05) is 0 Å². The van der Waals surface area contributed by atoms with Crippen LogP contribution in [0.5, 0.6) is 0 Å². The molecule has 1 saturated heterocycles. The van der Waals surface area contributed by atoms with Gasteiger partial charge in [-0.2, -0.15) is 0 Å². The Labute approximate surface area is 133 Å². The van der Waals surface area contributed by atoms with Crippen LogP contribution in [-0.2, 0) is 9.59 Å². The quantitative estimate of drug-likeness (QED) is 0.590. The molecule has 1 atom stereocenters. The summed E-state index contributed by atoms with van der Waals surface area (Å²) in [6, 6.07) is 0. The van der Waals surface area contributed by atoms with Crippen LogP contribution < -0.4 is 16.0 Å². The number of rotatable bonds is 8. The lowest BCUT2D eigenvalue weighted by atomic mass is 9.85. The van der Waals surface area contributed by atoms with E-state index in [0.29, 0.717) is 25.4 Å². The minimum Gasteiger partial charge on any atom is -0.356 e. The summed E-state index contributed by atoms with van der Waals surface area (Å²) in [6.07, 6.45) is 6.88. The van der Waals surface area contributed by atoms with Crippen molar-refractivity contribution in [2.75, 3.05) is 26.2 Å². The average molecular weight is 318 g/mol. The van der Waals surface area contributed by atoms with Gasteiger partial charge in [-0.1, -0.05) is 6.42 Å². The summed E-state index contributed by atoms with van der Waals surface area (Å²) in [6.45, 7) is 3.47. The van der Waals surface area contributed by atoms with Gasteiger partial charge in [-0.3, -0.25) is 9.59 Å². The maximum Gasteiger partial charge on any atom is 0.223 e. The van der Waals surface area contributed by atoms with E-state index < -0.39 is 0 Å². The Kier molecular flexibility index (Phi) is 8.69. The molecule has 21 heavy (non-hydrogen) atoms. The van der Waals surface area contributed by atoms with Crippen LogP contribution in [0.2, 0.25) is 0 Å². The topological polar surface area (TPSA) is 70.2 Å². The second kappa shape index (κ2) is 10.0. The van der Waals surface area contributed by atoms with E-state index in [1.165, 1.54) is 12.8 Å². The third-order valence-corrected chi connectivity index (χ3v) is 4.39. The molecule has 122 valence electrons. The average Bonchev–Trinajstić information content (AvgIpc) is 2.87. The predicted molar refractivity (Wildman–Crippen MR) is 85.4 cm³/mol. The minimum absolute atomic E-state index is 0. The van der Waals surface area contributed by atoms with Gasteiger partial charge < -0.3 is 16.0 Å². The van der Waals surface area contributed by atoms with Crippen LogP contribution in [0.4, 0.5) is 0 Å². The van der Waals surface area contributed by atoms with E-state index in [2.05, 4.69) is 16.0 Å². The molecule has 1 aliphatic heterocycles. The van der Waals surface area contributed by atoms with Crippen LogP contribution in [0.25, 0.3) is 0 Å². The van der Waals surface area contributed by atoms with Crippen LogP contribution in [0.15, 0.2) is 0 Å². The van der Waals surface area contributed by atoms with Gasteiger partial charge in [0.05, 0.1) is 0 Å². The van der Waals surface area contributed by atoms with Crippen molar-refractivity contribution in [1.29, 1.82) is 0 Å². The first-order valence-electron chi connectivity index (χ1n) is 8.01. The predicted octanol–water partition coefficient (Wildman–Crippen LogP) is 1.22. The lowest BCUT2D eigenvalue weighted by Crippen LogP contribution is -2.36. The third-order valence-electron chi connectivity index (χ3n) is 4.39. The molecule has 6 heteroatoms. The fourth-order valence-electron chi connectivity index (χ4n) is 2.73. The first kappa shape index (κ1) is 18.2. The number of carbonyl (C=O) groups excluding carboxylic acids is 2. The summed E-state index contributed by atoms with van der Waals surface area (Å²) in [5, 5.41) is 9.18. The number of halogens is 1. The Hall–Kier alpha value is -0.810. The molecule has 0 radical (unpaired) electrons. The Balaban J connectivity index is 0.00000220. The molecule has 0 aromatic heterocycles. The highest BCUT2D eigenvalue weighted by atomic mass is 35.5. The Morgan fingerprint density at radius 3 is 2.48 bits per heavy atom.